The highest BCUT2D eigenvalue weighted by Gasteiger charge is 2.32. The number of methoxy groups -OCH3 is 3. The Labute approximate surface area is 568 Å². The van der Waals surface area contributed by atoms with Crippen molar-refractivity contribution in [3.05, 3.63) is 125 Å². The van der Waals surface area contributed by atoms with Crippen LogP contribution < -0.4 is 75.9 Å². The maximum absolute atomic E-state index is 9.97. The van der Waals surface area contributed by atoms with E-state index in [1.54, 1.807) is 35.2 Å². The number of nitrogens with one attached hydrogen (secondary N) is 7. The molecule has 7 aromatic rings. The maximum atomic E-state index is 9.97. The third kappa shape index (κ3) is 20.3. The van der Waals surface area contributed by atoms with Gasteiger partial charge in [0.1, 0.15) is 34.3 Å². The Morgan fingerprint density at radius 3 is 1.22 bits per heavy atom. The van der Waals surface area contributed by atoms with Crippen molar-refractivity contribution in [2.45, 2.75) is 138 Å². The van der Waals surface area contributed by atoms with E-state index in [4.69, 9.17) is 44.1 Å². The molecule has 10 rings (SSSR count). The number of benzene rings is 4. The van der Waals surface area contributed by atoms with Crippen LogP contribution in [0.3, 0.4) is 0 Å². The van der Waals surface area contributed by atoms with Crippen LogP contribution in [0.25, 0.3) is 0 Å². The van der Waals surface area contributed by atoms with Gasteiger partial charge in [0, 0.05) is 70.5 Å². The van der Waals surface area contributed by atoms with Crippen molar-refractivity contribution in [3.8, 4) is 17.2 Å². The first kappa shape index (κ1) is 72.8. The van der Waals surface area contributed by atoms with Gasteiger partial charge in [-0.1, -0.05) is 80.6 Å². The van der Waals surface area contributed by atoms with E-state index in [0.29, 0.717) is 81.8 Å². The van der Waals surface area contributed by atoms with Gasteiger partial charge in [0.2, 0.25) is 17.8 Å². The molecule has 6 heterocycles. The van der Waals surface area contributed by atoms with Gasteiger partial charge in [-0.2, -0.15) is 29.9 Å². The topological polar surface area (TPSA) is 269 Å². The molecule has 10 N–H and O–H groups in total. The number of hydrogen-bond donors (Lipinski definition) is 10. The second kappa shape index (κ2) is 35.1. The number of ether oxygens (including phenoxy) is 3. The summed E-state index contributed by atoms with van der Waals surface area (Å²) in [6.07, 6.45) is -0.311. The Morgan fingerprint density at radius 1 is 0.479 bits per heavy atom. The van der Waals surface area contributed by atoms with Crippen molar-refractivity contribution in [1.82, 2.24) is 34.8 Å². The Morgan fingerprint density at radius 2 is 0.865 bits per heavy atom. The van der Waals surface area contributed by atoms with Gasteiger partial charge in [-0.3, -0.25) is 0 Å². The van der Waals surface area contributed by atoms with Crippen molar-refractivity contribution < 1.29 is 29.5 Å². The molecule has 0 radical (unpaired) electrons. The molecule has 0 saturated heterocycles. The minimum absolute atomic E-state index is 0.0411. The van der Waals surface area contributed by atoms with E-state index >= 15 is 0 Å². The van der Waals surface area contributed by atoms with E-state index in [2.05, 4.69) is 168 Å². The van der Waals surface area contributed by atoms with Crippen LogP contribution in [0.1, 0.15) is 97.9 Å². The summed E-state index contributed by atoms with van der Waals surface area (Å²) in [5.41, 5.74) is 7.35. The van der Waals surface area contributed by atoms with Crippen molar-refractivity contribution in [2.24, 2.45) is 5.92 Å². The molecule has 3 aliphatic heterocycles. The molecular formula is C71H105N19O6. The largest absolute Gasteiger partial charge is 0.497 e. The highest BCUT2D eigenvalue weighted by molar-refractivity contribution is 5.85. The second-order valence-corrected chi connectivity index (χ2v) is 26.0. The van der Waals surface area contributed by atoms with Crippen molar-refractivity contribution in [2.75, 3.05) is 150 Å². The summed E-state index contributed by atoms with van der Waals surface area (Å²) >= 11 is 0. The molecule has 0 saturated carbocycles. The smallest absolute Gasteiger partial charge is 0.229 e. The quantitative estimate of drug-likeness (QED) is 0.0194. The lowest BCUT2D eigenvalue weighted by Crippen LogP contribution is -2.38. The van der Waals surface area contributed by atoms with Crippen molar-refractivity contribution >= 4 is 69.8 Å². The first-order valence-electron chi connectivity index (χ1n) is 33.4. The summed E-state index contributed by atoms with van der Waals surface area (Å²) in [5.74, 6) is 9.63. The Hall–Kier alpha value is -9.04. The van der Waals surface area contributed by atoms with E-state index < -0.39 is 12.2 Å². The summed E-state index contributed by atoms with van der Waals surface area (Å²) < 4.78 is 15.8. The van der Waals surface area contributed by atoms with Crippen LogP contribution >= 0.6 is 0 Å². The standard InChI is InChI=1S/C27H37N7O.C22H34N6O3.C22H34N6O2/c1-20(2)34-19-29-24-25(28-17-21-11-13-23(35-5)14-12-21)30-27(31-26(24)34)33(16-15-32(3)4)18-22-9-7-6-8-10-22;1-14(2)28-13-24-19-20(23-10-17-6-8-18(31-5)9-7-17)25-22(26-21(19)28)27(11-15(3)29)12-16(4)30;1-14(2)10-17(12-29)25-22-26-20(19-21(27-22)28(13-24-19)15(3)4)23-11-16-6-8-18(30-5)9-7-16/h6-14,20,29H,15-19H2,1-5H3,(H,28,30,31);6-9,14-16,24,29-30H,10-13H2,1-5H3,(H,23,25,26);6-9,14-15,17,24,29H,10-13H2,1-5H3,(H2,23,25,26,27)/t;;17-/m..1/s1. The van der Waals surface area contributed by atoms with E-state index in [-0.39, 0.29) is 18.7 Å². The van der Waals surface area contributed by atoms with E-state index in [1.165, 1.54) is 5.56 Å². The minimum Gasteiger partial charge on any atom is -0.497 e. The molecule has 3 atom stereocenters. The van der Waals surface area contributed by atoms with Crippen LogP contribution in [0.5, 0.6) is 17.2 Å². The SMILES string of the molecule is COc1ccc(CNc2nc(N(CC(C)O)CC(C)O)nc3c2NCN3C(C)C)cc1.COc1ccc(CNc2nc(N(CCN(C)C)Cc3ccccc3)nc3c2NCN3C(C)C)cc1.COc1ccc(CNc2nc(N[C@@H](CO)CC(C)C)nc3c2NCN3C(C)C)cc1. The zero-order valence-electron chi connectivity index (χ0n) is 59.0. The van der Waals surface area contributed by atoms with Gasteiger partial charge in [-0.25, -0.2) is 0 Å². The Balaban J connectivity index is 0.000000185. The first-order chi connectivity index (χ1) is 46.1. The number of rotatable bonds is 31. The molecule has 0 fully saturated rings. The van der Waals surface area contributed by atoms with Gasteiger partial charge < -0.3 is 96.1 Å². The number of likely N-dealkylation sites (N-methyl/N-ethyl adjacent to an activating group) is 1. The molecule has 96 heavy (non-hydrogen) atoms. The summed E-state index contributed by atoms with van der Waals surface area (Å²) in [7, 11) is 9.18. The fourth-order valence-electron chi connectivity index (χ4n) is 11.1. The molecule has 0 bridgehead atoms. The van der Waals surface area contributed by atoms with Gasteiger partial charge in [-0.15, -0.1) is 0 Å². The molecule has 4 aromatic carbocycles. The van der Waals surface area contributed by atoms with Gasteiger partial charge in [0.25, 0.3) is 0 Å². The lowest BCUT2D eigenvalue weighted by molar-refractivity contribution is 0.177. The molecule has 520 valence electrons. The Bertz CT molecular complexity index is 3480. The van der Waals surface area contributed by atoms with Crippen molar-refractivity contribution in [1.29, 1.82) is 0 Å². The number of anilines is 12. The molecule has 2 unspecified atom stereocenters. The van der Waals surface area contributed by atoms with Crippen LogP contribution in [-0.2, 0) is 26.2 Å². The minimum atomic E-state index is -0.578. The Kier molecular flexibility index (Phi) is 26.6. The zero-order valence-corrected chi connectivity index (χ0v) is 59.0. The normalized spacial score (nSPS) is 13.7. The third-order valence-electron chi connectivity index (χ3n) is 16.3. The molecule has 0 spiro atoms. The second-order valence-electron chi connectivity index (χ2n) is 26.0. The molecule has 3 aromatic heterocycles. The number of aliphatic hydroxyl groups excluding tert-OH is 3. The fourth-order valence-corrected chi connectivity index (χ4v) is 11.1. The van der Waals surface area contributed by atoms with E-state index in [1.807, 2.05) is 71.6 Å². The van der Waals surface area contributed by atoms with Crippen LogP contribution in [0, 0.1) is 5.92 Å². The maximum Gasteiger partial charge on any atom is 0.229 e. The molecule has 3 aliphatic rings. The van der Waals surface area contributed by atoms with Crippen LogP contribution in [0.2, 0.25) is 0 Å². The lowest BCUT2D eigenvalue weighted by atomic mass is 10.0. The van der Waals surface area contributed by atoms with Gasteiger partial charge in [-0.05, 0) is 140 Å². The first-order valence-corrected chi connectivity index (χ1v) is 33.4. The fraction of sp³-hybridized carbons (Fsp3) is 0.493. The predicted molar refractivity (Wildman–Crippen MR) is 391 cm³/mol. The predicted octanol–water partition coefficient (Wildman–Crippen LogP) is 10.0. The molecule has 0 aliphatic carbocycles. The average Bonchev–Trinajstić information content (AvgIpc) is 1.61. The van der Waals surface area contributed by atoms with Crippen LogP contribution in [-0.4, -0.2) is 175 Å². The summed E-state index contributed by atoms with van der Waals surface area (Å²) in [5, 5.41) is 53.8. The average molecular weight is 1320 g/mol. The van der Waals surface area contributed by atoms with E-state index in [9.17, 15) is 15.3 Å². The van der Waals surface area contributed by atoms with Crippen LogP contribution in [0.4, 0.5) is 69.8 Å². The lowest BCUT2D eigenvalue weighted by Gasteiger charge is -2.28. The number of fused-ring (bicyclic) bond motifs is 3. The summed E-state index contributed by atoms with van der Waals surface area (Å²) in [6.45, 7) is 27.7. The monoisotopic (exact) mass is 1320 g/mol. The zero-order chi connectivity index (χ0) is 69.0. The highest BCUT2D eigenvalue weighted by Crippen LogP contribution is 2.41. The number of hydrogen-bond acceptors (Lipinski definition) is 25. The van der Waals surface area contributed by atoms with E-state index in [0.717, 1.165) is 119 Å². The molecular weight excluding hydrogens is 1210 g/mol. The highest BCUT2D eigenvalue weighted by atomic mass is 16.5. The van der Waals surface area contributed by atoms with Crippen molar-refractivity contribution in [3.63, 3.8) is 0 Å². The number of aliphatic hydroxyl groups is 3. The summed E-state index contributed by atoms with van der Waals surface area (Å²) in [6, 6.07) is 35.3. The van der Waals surface area contributed by atoms with Gasteiger partial charge >= 0.3 is 0 Å². The van der Waals surface area contributed by atoms with Gasteiger partial charge in [0.05, 0.1) is 66.2 Å². The molecule has 25 heteroatoms. The number of aromatic nitrogens is 6. The van der Waals surface area contributed by atoms with Crippen LogP contribution in [0.15, 0.2) is 103 Å². The number of nitrogens with zero attached hydrogens (tertiary/aromatic N) is 12. The third-order valence-corrected chi connectivity index (χ3v) is 16.3. The molecule has 0 amide bonds. The van der Waals surface area contributed by atoms with Gasteiger partial charge in [0.15, 0.2) is 34.9 Å². The molecule has 25 nitrogen and oxygen atoms in total. The summed E-state index contributed by atoms with van der Waals surface area (Å²) in [4.78, 5) is 42.1.